The number of aliphatic hydroxyl groups is 1. The average molecular weight is 328 g/mol. The SMILES string of the molecule is N#Cc1cc(Nc2ncc(F)c(N)n2)ccc1N1CCC(O)CC1. The highest BCUT2D eigenvalue weighted by Crippen LogP contribution is 2.27. The Morgan fingerprint density at radius 3 is 2.79 bits per heavy atom. The quantitative estimate of drug-likeness (QED) is 0.787. The Bertz CT molecular complexity index is 783. The third-order valence-electron chi connectivity index (χ3n) is 3.95. The maximum Gasteiger partial charge on any atom is 0.229 e. The van der Waals surface area contributed by atoms with Gasteiger partial charge in [-0.2, -0.15) is 10.2 Å². The van der Waals surface area contributed by atoms with Crippen molar-refractivity contribution >= 4 is 23.1 Å². The lowest BCUT2D eigenvalue weighted by Crippen LogP contribution is -2.36. The normalized spacial score (nSPS) is 15.1. The van der Waals surface area contributed by atoms with Crippen LogP contribution < -0.4 is 16.0 Å². The van der Waals surface area contributed by atoms with Crippen LogP contribution in [0.25, 0.3) is 0 Å². The molecule has 0 unspecified atom stereocenters. The van der Waals surface area contributed by atoms with Crippen LogP contribution in [0.5, 0.6) is 0 Å². The summed E-state index contributed by atoms with van der Waals surface area (Å²) in [5.74, 6) is -0.760. The molecule has 8 heteroatoms. The van der Waals surface area contributed by atoms with E-state index in [0.717, 1.165) is 11.9 Å². The van der Waals surface area contributed by atoms with Crippen molar-refractivity contribution in [3.05, 3.63) is 35.8 Å². The van der Waals surface area contributed by atoms with E-state index in [1.807, 2.05) is 6.07 Å². The van der Waals surface area contributed by atoms with Gasteiger partial charge in [-0.05, 0) is 31.0 Å². The number of anilines is 4. The largest absolute Gasteiger partial charge is 0.393 e. The fourth-order valence-electron chi connectivity index (χ4n) is 2.66. The number of halogens is 1. The van der Waals surface area contributed by atoms with Gasteiger partial charge in [0, 0.05) is 18.8 Å². The molecule has 0 radical (unpaired) electrons. The topological polar surface area (TPSA) is 111 Å². The molecule has 24 heavy (non-hydrogen) atoms. The zero-order valence-electron chi connectivity index (χ0n) is 12.9. The van der Waals surface area contributed by atoms with Crippen LogP contribution >= 0.6 is 0 Å². The summed E-state index contributed by atoms with van der Waals surface area (Å²) in [5, 5.41) is 21.9. The summed E-state index contributed by atoms with van der Waals surface area (Å²) in [7, 11) is 0. The summed E-state index contributed by atoms with van der Waals surface area (Å²) in [6, 6.07) is 7.50. The van der Waals surface area contributed by atoms with Gasteiger partial charge in [-0.25, -0.2) is 9.37 Å². The Balaban J connectivity index is 1.81. The van der Waals surface area contributed by atoms with Crippen molar-refractivity contribution in [3.8, 4) is 6.07 Å². The molecular formula is C16H17FN6O. The number of piperidine rings is 1. The summed E-state index contributed by atoms with van der Waals surface area (Å²) in [5.41, 5.74) is 7.36. The van der Waals surface area contributed by atoms with Gasteiger partial charge in [0.05, 0.1) is 23.6 Å². The lowest BCUT2D eigenvalue weighted by Gasteiger charge is -2.32. The van der Waals surface area contributed by atoms with E-state index in [-0.39, 0.29) is 17.9 Å². The standard InChI is InChI=1S/C16H17FN6O/c17-13-9-20-16(22-15(13)19)21-11-1-2-14(10(7-11)8-18)23-5-3-12(24)4-6-23/h1-2,7,9,12,24H,3-6H2,(H3,19,20,21,22). The Morgan fingerprint density at radius 2 is 2.12 bits per heavy atom. The molecule has 7 nitrogen and oxygen atoms in total. The van der Waals surface area contributed by atoms with E-state index < -0.39 is 5.82 Å². The van der Waals surface area contributed by atoms with Crippen molar-refractivity contribution in [2.45, 2.75) is 18.9 Å². The van der Waals surface area contributed by atoms with E-state index in [1.54, 1.807) is 12.1 Å². The van der Waals surface area contributed by atoms with Crippen molar-refractivity contribution < 1.29 is 9.50 Å². The van der Waals surface area contributed by atoms with Gasteiger partial charge in [0.25, 0.3) is 0 Å². The number of nitriles is 1. The molecule has 4 N–H and O–H groups in total. The van der Waals surface area contributed by atoms with Crippen LogP contribution in [0.3, 0.4) is 0 Å². The van der Waals surface area contributed by atoms with E-state index >= 15 is 0 Å². The summed E-state index contributed by atoms with van der Waals surface area (Å²) >= 11 is 0. The molecule has 124 valence electrons. The first-order valence-electron chi connectivity index (χ1n) is 7.59. The minimum absolute atomic E-state index is 0.159. The van der Waals surface area contributed by atoms with Gasteiger partial charge >= 0.3 is 0 Å². The highest BCUT2D eigenvalue weighted by atomic mass is 19.1. The molecule has 0 aliphatic carbocycles. The molecule has 2 heterocycles. The molecule has 1 fully saturated rings. The first-order chi connectivity index (χ1) is 11.6. The zero-order chi connectivity index (χ0) is 17.1. The zero-order valence-corrected chi connectivity index (χ0v) is 12.9. The first kappa shape index (κ1) is 16.0. The molecule has 2 aromatic rings. The summed E-state index contributed by atoms with van der Waals surface area (Å²) in [4.78, 5) is 9.70. The van der Waals surface area contributed by atoms with E-state index in [2.05, 4.69) is 26.3 Å². The summed E-state index contributed by atoms with van der Waals surface area (Å²) < 4.78 is 13.1. The number of aliphatic hydroxyl groups excluding tert-OH is 1. The number of hydrogen-bond acceptors (Lipinski definition) is 7. The highest BCUT2D eigenvalue weighted by molar-refractivity contribution is 5.67. The van der Waals surface area contributed by atoms with E-state index in [0.29, 0.717) is 37.2 Å². The van der Waals surface area contributed by atoms with Crippen molar-refractivity contribution in [2.24, 2.45) is 0 Å². The van der Waals surface area contributed by atoms with Crippen molar-refractivity contribution in [1.29, 1.82) is 5.26 Å². The number of nitrogen functional groups attached to an aromatic ring is 1. The number of nitrogens with zero attached hydrogens (tertiary/aromatic N) is 4. The minimum atomic E-state index is -0.680. The molecule has 0 amide bonds. The van der Waals surface area contributed by atoms with Gasteiger partial charge in [-0.15, -0.1) is 0 Å². The molecule has 1 aliphatic heterocycles. The molecular weight excluding hydrogens is 311 g/mol. The predicted molar refractivity (Wildman–Crippen MR) is 88.3 cm³/mol. The first-order valence-corrected chi connectivity index (χ1v) is 7.59. The van der Waals surface area contributed by atoms with Crippen molar-refractivity contribution in [3.63, 3.8) is 0 Å². The molecule has 1 aliphatic rings. The van der Waals surface area contributed by atoms with Crippen LogP contribution in [0.4, 0.5) is 27.5 Å². The Kier molecular flexibility index (Phi) is 4.44. The third kappa shape index (κ3) is 3.36. The molecule has 0 saturated carbocycles. The van der Waals surface area contributed by atoms with Gasteiger partial charge in [0.1, 0.15) is 6.07 Å². The number of rotatable bonds is 3. The van der Waals surface area contributed by atoms with Gasteiger partial charge in [-0.1, -0.05) is 0 Å². The van der Waals surface area contributed by atoms with Crippen molar-refractivity contribution in [2.75, 3.05) is 29.0 Å². The van der Waals surface area contributed by atoms with Crippen LogP contribution in [0, 0.1) is 17.1 Å². The lowest BCUT2D eigenvalue weighted by atomic mass is 10.1. The second-order valence-electron chi connectivity index (χ2n) is 5.61. The molecule has 0 spiro atoms. The number of nitrogens with one attached hydrogen (secondary N) is 1. The lowest BCUT2D eigenvalue weighted by molar-refractivity contribution is 0.145. The molecule has 3 rings (SSSR count). The number of aromatic nitrogens is 2. The summed E-state index contributed by atoms with van der Waals surface area (Å²) in [6.45, 7) is 1.42. The average Bonchev–Trinajstić information content (AvgIpc) is 2.59. The predicted octanol–water partition coefficient (Wildman–Crippen LogP) is 1.77. The maximum atomic E-state index is 13.1. The monoisotopic (exact) mass is 328 g/mol. The van der Waals surface area contributed by atoms with E-state index in [9.17, 15) is 14.8 Å². The number of benzene rings is 1. The van der Waals surface area contributed by atoms with Gasteiger partial charge in [0.15, 0.2) is 11.6 Å². The van der Waals surface area contributed by atoms with Crippen LogP contribution in [0.1, 0.15) is 18.4 Å². The molecule has 0 atom stereocenters. The second kappa shape index (κ2) is 6.68. The second-order valence-corrected chi connectivity index (χ2v) is 5.61. The van der Waals surface area contributed by atoms with Gasteiger partial charge in [0.2, 0.25) is 5.95 Å². The van der Waals surface area contributed by atoms with Crippen LogP contribution in [-0.4, -0.2) is 34.3 Å². The van der Waals surface area contributed by atoms with Gasteiger partial charge < -0.3 is 21.1 Å². The maximum absolute atomic E-state index is 13.1. The fraction of sp³-hybridized carbons (Fsp3) is 0.312. The van der Waals surface area contributed by atoms with E-state index in [1.165, 1.54) is 0 Å². The molecule has 1 aromatic carbocycles. The third-order valence-corrected chi connectivity index (χ3v) is 3.95. The molecule has 1 saturated heterocycles. The highest BCUT2D eigenvalue weighted by Gasteiger charge is 2.19. The van der Waals surface area contributed by atoms with E-state index in [4.69, 9.17) is 5.73 Å². The Hall–Kier alpha value is -2.92. The van der Waals surface area contributed by atoms with Crippen molar-refractivity contribution in [1.82, 2.24) is 9.97 Å². The fourth-order valence-corrected chi connectivity index (χ4v) is 2.66. The molecule has 0 bridgehead atoms. The van der Waals surface area contributed by atoms with Crippen LogP contribution in [-0.2, 0) is 0 Å². The smallest absolute Gasteiger partial charge is 0.229 e. The molecule has 1 aromatic heterocycles. The van der Waals surface area contributed by atoms with Crippen LogP contribution in [0.2, 0.25) is 0 Å². The number of nitrogens with two attached hydrogens (primary N) is 1. The van der Waals surface area contributed by atoms with Crippen LogP contribution in [0.15, 0.2) is 24.4 Å². The minimum Gasteiger partial charge on any atom is -0.393 e. The van der Waals surface area contributed by atoms with Gasteiger partial charge in [-0.3, -0.25) is 0 Å². The summed E-state index contributed by atoms with van der Waals surface area (Å²) in [6.07, 6.45) is 2.10. The Morgan fingerprint density at radius 1 is 1.38 bits per heavy atom. The Labute approximate surface area is 138 Å². The number of hydrogen-bond donors (Lipinski definition) is 3.